The molecule has 3 fully saturated rings. The van der Waals surface area contributed by atoms with Crippen LogP contribution in [-0.2, 0) is 30.8 Å². The predicted octanol–water partition coefficient (Wildman–Crippen LogP) is 5.18. The quantitative estimate of drug-likeness (QED) is 0.247. The molecule has 5 aliphatic rings. The molecule has 5 atom stereocenters. The van der Waals surface area contributed by atoms with E-state index in [2.05, 4.69) is 20.7 Å². The number of rotatable bonds is 6. The summed E-state index contributed by atoms with van der Waals surface area (Å²) in [4.78, 5) is 63.1. The van der Waals surface area contributed by atoms with Crippen LogP contribution in [0.1, 0.15) is 90.5 Å². The Labute approximate surface area is 338 Å². The summed E-state index contributed by atoms with van der Waals surface area (Å²) in [6.07, 6.45) is 9.06. The van der Waals surface area contributed by atoms with Crippen molar-refractivity contribution < 1.29 is 36.7 Å². The van der Waals surface area contributed by atoms with E-state index in [1.54, 1.807) is 19.1 Å². The highest BCUT2D eigenvalue weighted by Crippen LogP contribution is 2.50. The first kappa shape index (κ1) is 39.8. The van der Waals surface area contributed by atoms with Crippen molar-refractivity contribution in [3.05, 3.63) is 72.1 Å². The van der Waals surface area contributed by atoms with Crippen LogP contribution in [0.2, 0.25) is 0 Å². The van der Waals surface area contributed by atoms with Gasteiger partial charge in [-0.3, -0.25) is 19.1 Å². The van der Waals surface area contributed by atoms with Crippen molar-refractivity contribution in [2.24, 2.45) is 5.92 Å². The lowest BCUT2D eigenvalue weighted by Gasteiger charge is -2.37. The van der Waals surface area contributed by atoms with E-state index in [-0.39, 0.29) is 25.4 Å². The maximum atomic E-state index is 14.8. The highest BCUT2D eigenvalue weighted by atomic mass is 32.2. The van der Waals surface area contributed by atoms with Crippen LogP contribution in [0.3, 0.4) is 0 Å². The summed E-state index contributed by atoms with van der Waals surface area (Å²) in [5.74, 6) is -2.34. The number of nitrogens with zero attached hydrogens (tertiary/aromatic N) is 2. The Balaban J connectivity index is 1.17. The molecule has 0 radical (unpaired) electrons. The molecule has 3 aromatic rings. The zero-order valence-electron chi connectivity index (χ0n) is 33.1. The number of ether oxygens (including phenoxy) is 1. The third-order valence-electron chi connectivity index (χ3n) is 12.5. The second-order valence-electron chi connectivity index (χ2n) is 17.3. The van der Waals surface area contributed by atoms with Crippen LogP contribution in [0.15, 0.2) is 60.7 Å². The molecule has 2 saturated carbocycles. The molecule has 2 aromatic carbocycles. The zero-order chi connectivity index (χ0) is 41.0. The third kappa shape index (κ3) is 7.53. The van der Waals surface area contributed by atoms with Gasteiger partial charge in [0.1, 0.15) is 40.5 Å². The lowest BCUT2D eigenvalue weighted by molar-refractivity contribution is -0.141. The molecule has 308 valence electrons. The Kier molecular flexibility index (Phi) is 10.3. The number of sulfonamides is 1. The van der Waals surface area contributed by atoms with Crippen LogP contribution >= 0.6 is 0 Å². The molecule has 1 saturated heterocycles. The molecule has 2 aliphatic carbocycles. The fraction of sp³-hybridized carbons (Fsp3) is 0.512. The molecular formula is C43H51FN6O7S. The van der Waals surface area contributed by atoms with E-state index in [1.165, 1.54) is 17.0 Å². The minimum atomic E-state index is -4.02. The van der Waals surface area contributed by atoms with Gasteiger partial charge in [-0.05, 0) is 90.3 Å². The summed E-state index contributed by atoms with van der Waals surface area (Å²) in [6.45, 7) is 5.21. The number of halogens is 1. The van der Waals surface area contributed by atoms with E-state index in [1.807, 2.05) is 50.3 Å². The van der Waals surface area contributed by atoms with E-state index >= 15 is 0 Å². The summed E-state index contributed by atoms with van der Waals surface area (Å²) < 4.78 is 49.4. The SMILES string of the molecule is CC(C)NC(=O)N[C@H]1CCCCC/C=C\[C@@H]2C[C@@]2(C(=O)NS(=O)(=O)C2(C)CC2)NC(=O)[C@@H]2C[C@]3(CCc4c(c(-c5cccc(F)c5)nc5ccccc45)O3)CN2C1=O. The molecule has 13 nitrogen and oxygen atoms in total. The molecular weight excluding hydrogens is 764 g/mol. The number of allylic oxidation sites excluding steroid dienone is 1. The van der Waals surface area contributed by atoms with Gasteiger partial charge in [0.15, 0.2) is 0 Å². The van der Waals surface area contributed by atoms with E-state index in [0.717, 1.165) is 29.3 Å². The summed E-state index contributed by atoms with van der Waals surface area (Å²) in [5.41, 5.74) is -0.0947. The Bertz CT molecular complexity index is 2310. The first-order valence-electron chi connectivity index (χ1n) is 20.4. The van der Waals surface area contributed by atoms with Gasteiger partial charge in [0.05, 0.1) is 16.8 Å². The van der Waals surface area contributed by atoms with Crippen LogP contribution in [0, 0.1) is 11.7 Å². The minimum absolute atomic E-state index is 0.0159. The van der Waals surface area contributed by atoms with Crippen molar-refractivity contribution in [3.63, 3.8) is 0 Å². The molecule has 58 heavy (non-hydrogen) atoms. The van der Waals surface area contributed by atoms with Crippen LogP contribution in [0.25, 0.3) is 22.2 Å². The third-order valence-corrected chi connectivity index (χ3v) is 14.7. The van der Waals surface area contributed by atoms with Gasteiger partial charge in [0.2, 0.25) is 21.8 Å². The average molecular weight is 815 g/mol. The number of pyridine rings is 1. The van der Waals surface area contributed by atoms with Crippen molar-refractivity contribution >= 4 is 44.7 Å². The molecule has 0 unspecified atom stereocenters. The fourth-order valence-electron chi connectivity index (χ4n) is 8.77. The Morgan fingerprint density at radius 2 is 1.83 bits per heavy atom. The van der Waals surface area contributed by atoms with Gasteiger partial charge >= 0.3 is 6.03 Å². The maximum Gasteiger partial charge on any atom is 0.315 e. The first-order chi connectivity index (χ1) is 27.6. The lowest BCUT2D eigenvalue weighted by Crippen LogP contribution is -2.59. The molecule has 15 heteroatoms. The van der Waals surface area contributed by atoms with Gasteiger partial charge in [0.25, 0.3) is 5.91 Å². The van der Waals surface area contributed by atoms with Gasteiger partial charge in [-0.15, -0.1) is 0 Å². The summed E-state index contributed by atoms with van der Waals surface area (Å²) in [7, 11) is -4.02. The molecule has 0 bridgehead atoms. The number of amides is 5. The fourth-order valence-corrected chi connectivity index (χ4v) is 10.1. The van der Waals surface area contributed by atoms with E-state index < -0.39 is 73.5 Å². The highest BCUT2D eigenvalue weighted by molar-refractivity contribution is 7.91. The second kappa shape index (κ2) is 15.0. The molecule has 5 amide bonds. The molecule has 1 spiro atoms. The number of carbonyl (C=O) groups is 4. The number of nitrogens with one attached hydrogen (secondary N) is 4. The number of para-hydroxylation sites is 1. The number of urea groups is 1. The van der Waals surface area contributed by atoms with Gasteiger partial charge in [0, 0.05) is 34.9 Å². The van der Waals surface area contributed by atoms with Crippen LogP contribution in [0.5, 0.6) is 5.75 Å². The van der Waals surface area contributed by atoms with Gasteiger partial charge in [-0.2, -0.15) is 0 Å². The number of fused-ring (bicyclic) bond motifs is 5. The van der Waals surface area contributed by atoms with E-state index in [0.29, 0.717) is 62.0 Å². The van der Waals surface area contributed by atoms with Crippen molar-refractivity contribution in [2.75, 3.05) is 6.54 Å². The monoisotopic (exact) mass is 814 g/mol. The highest BCUT2D eigenvalue weighted by Gasteiger charge is 2.64. The van der Waals surface area contributed by atoms with Gasteiger partial charge < -0.3 is 25.6 Å². The molecule has 3 aliphatic heterocycles. The molecule has 1 aromatic heterocycles. The van der Waals surface area contributed by atoms with Crippen LogP contribution in [-0.4, -0.2) is 82.6 Å². The zero-order valence-corrected chi connectivity index (χ0v) is 33.9. The summed E-state index contributed by atoms with van der Waals surface area (Å²) >= 11 is 0. The van der Waals surface area contributed by atoms with Gasteiger partial charge in [-0.25, -0.2) is 22.6 Å². The first-order valence-corrected chi connectivity index (χ1v) is 21.9. The predicted molar refractivity (Wildman–Crippen MR) is 215 cm³/mol. The smallest absolute Gasteiger partial charge is 0.315 e. The number of benzene rings is 2. The van der Waals surface area contributed by atoms with Gasteiger partial charge in [-0.1, -0.05) is 55.3 Å². The van der Waals surface area contributed by atoms with Crippen molar-refractivity contribution in [2.45, 2.75) is 125 Å². The number of aromatic nitrogens is 1. The van der Waals surface area contributed by atoms with Crippen molar-refractivity contribution in [3.8, 4) is 17.0 Å². The molecule has 4 N–H and O–H groups in total. The summed E-state index contributed by atoms with van der Waals surface area (Å²) in [6, 6.07) is 11.0. The standard InChI is InChI=1S/C43H51FN6O7S/c1-26(2)45-40(54)47-33-17-8-6-4-5-7-13-28-23-43(28,39(53)49-58(55,56)41(3)20-21-41)48-37(51)34-24-42(25-50(34)38(33)52)19-18-31-30-15-9-10-16-32(30)46-35(36(31)57-42)27-12-11-14-29(44)22-27/h7,9-16,22,26,28,33-34H,4-6,8,17-21,23-25H2,1-3H3,(H,48,51)(H,49,53)(H2,45,47,54)/b13-7-/t28-,33+,34+,42-,43-/m1/s1. The van der Waals surface area contributed by atoms with E-state index in [9.17, 15) is 32.0 Å². The number of aryl methyl sites for hydroxylation is 1. The van der Waals surface area contributed by atoms with Crippen LogP contribution < -0.4 is 25.4 Å². The normalized spacial score (nSPS) is 28.5. The van der Waals surface area contributed by atoms with E-state index in [4.69, 9.17) is 9.72 Å². The largest absolute Gasteiger partial charge is 0.483 e. The number of hydrogen-bond donors (Lipinski definition) is 4. The topological polar surface area (TPSA) is 176 Å². The Morgan fingerprint density at radius 3 is 2.59 bits per heavy atom. The minimum Gasteiger partial charge on any atom is -0.483 e. The number of hydrogen-bond acceptors (Lipinski definition) is 8. The second-order valence-corrected chi connectivity index (χ2v) is 19.5. The maximum absolute atomic E-state index is 14.8. The Hall–Kier alpha value is -5.05. The number of carbonyl (C=O) groups excluding carboxylic acids is 4. The Morgan fingerprint density at radius 1 is 1.03 bits per heavy atom. The molecule has 8 rings (SSSR count). The molecule has 4 heterocycles. The lowest BCUT2D eigenvalue weighted by atomic mass is 9.86. The van der Waals surface area contributed by atoms with Crippen LogP contribution in [0.4, 0.5) is 9.18 Å². The van der Waals surface area contributed by atoms with Crippen molar-refractivity contribution in [1.82, 2.24) is 30.6 Å². The van der Waals surface area contributed by atoms with Crippen molar-refractivity contribution in [1.29, 1.82) is 0 Å². The average Bonchev–Trinajstić information content (AvgIpc) is 4.07. The summed E-state index contributed by atoms with van der Waals surface area (Å²) in [5, 5.41) is 9.49.